The number of hydrogen-bond donors (Lipinski definition) is 3. The predicted octanol–water partition coefficient (Wildman–Crippen LogP) is 2.33. The van der Waals surface area contributed by atoms with E-state index in [0.717, 1.165) is 6.42 Å². The Hall–Kier alpha value is -3.05. The van der Waals surface area contributed by atoms with E-state index in [1.54, 1.807) is 16.0 Å². The maximum absolute atomic E-state index is 14.3. The fraction of sp³-hybridized carbons (Fsp3) is 0.450. The number of H-pyrrole nitrogens is 1. The number of benzene rings is 1. The van der Waals surface area contributed by atoms with Crippen LogP contribution in [0.4, 0.5) is 32.2 Å². The van der Waals surface area contributed by atoms with Crippen molar-refractivity contribution in [3.05, 3.63) is 56.7 Å². The molecule has 1 fully saturated rings. The third kappa shape index (κ3) is 3.32. The van der Waals surface area contributed by atoms with E-state index in [4.69, 9.17) is 0 Å². The monoisotopic (exact) mass is 461 g/mol. The van der Waals surface area contributed by atoms with E-state index in [9.17, 15) is 35.9 Å². The molecular weight excluding hydrogens is 442 g/mol. The van der Waals surface area contributed by atoms with Gasteiger partial charge in [-0.2, -0.15) is 26.3 Å². The highest BCUT2D eigenvalue weighted by atomic mass is 19.4. The van der Waals surface area contributed by atoms with Crippen LogP contribution in [-0.4, -0.2) is 27.7 Å². The number of anilines is 1. The van der Waals surface area contributed by atoms with Gasteiger partial charge in [0.2, 0.25) is 5.82 Å². The zero-order chi connectivity index (χ0) is 23.3. The molecule has 4 rings (SSSR count). The van der Waals surface area contributed by atoms with Crippen molar-refractivity contribution < 1.29 is 31.3 Å². The summed E-state index contributed by atoms with van der Waals surface area (Å²) in [5.41, 5.74) is -9.27. The average Bonchev–Trinajstić information content (AvgIpc) is 2.72. The minimum Gasteiger partial charge on any atom is -0.273 e. The van der Waals surface area contributed by atoms with Crippen LogP contribution in [0, 0.1) is 5.92 Å². The van der Waals surface area contributed by atoms with E-state index in [-0.39, 0.29) is 5.69 Å². The van der Waals surface area contributed by atoms with Gasteiger partial charge in [0.25, 0.3) is 11.4 Å². The molecule has 3 N–H and O–H groups in total. The second-order valence-corrected chi connectivity index (χ2v) is 7.90. The van der Waals surface area contributed by atoms with E-state index in [0.29, 0.717) is 30.3 Å². The molecular formula is C20H19F6N4O2+. The van der Waals surface area contributed by atoms with Crippen molar-refractivity contribution in [2.45, 2.75) is 50.0 Å². The van der Waals surface area contributed by atoms with Crippen molar-refractivity contribution in [2.24, 2.45) is 5.92 Å². The lowest BCUT2D eigenvalue weighted by molar-refractivity contribution is -0.660. The number of para-hydroxylation sites is 1. The van der Waals surface area contributed by atoms with E-state index in [1.807, 2.05) is 0 Å². The first kappa shape index (κ1) is 22.2. The number of rotatable bonds is 2. The molecule has 0 spiro atoms. The summed E-state index contributed by atoms with van der Waals surface area (Å²) in [6.45, 7) is 0. The normalized spacial score (nSPS) is 19.1. The van der Waals surface area contributed by atoms with Crippen molar-refractivity contribution in [1.82, 2.24) is 9.55 Å². The molecule has 2 aliphatic rings. The SMILES string of the molecule is O=c1[nH]c(=O)n(-c2ccccc2)c2c1C(C(F)(F)F)(C(F)(F)F)[NH+]=C(C1CCCCC1)N2. The summed E-state index contributed by atoms with van der Waals surface area (Å²) in [6.07, 6.45) is -9.04. The molecule has 1 aromatic carbocycles. The van der Waals surface area contributed by atoms with Gasteiger partial charge in [-0.05, 0) is 25.0 Å². The molecule has 2 aromatic rings. The van der Waals surface area contributed by atoms with E-state index >= 15 is 0 Å². The van der Waals surface area contributed by atoms with Gasteiger partial charge in [0, 0.05) is 0 Å². The summed E-state index contributed by atoms with van der Waals surface area (Å²) in [5.74, 6) is -1.89. The fourth-order valence-electron chi connectivity index (χ4n) is 4.43. The van der Waals surface area contributed by atoms with Gasteiger partial charge in [-0.1, -0.05) is 37.5 Å². The number of alkyl halides is 6. The lowest BCUT2D eigenvalue weighted by Crippen LogP contribution is -2.97. The average molecular weight is 461 g/mol. The Labute approximate surface area is 177 Å². The smallest absolute Gasteiger partial charge is 0.273 e. The first-order valence-electron chi connectivity index (χ1n) is 9.98. The Bertz CT molecular complexity index is 1140. The molecule has 2 heterocycles. The molecule has 0 atom stereocenters. The van der Waals surface area contributed by atoms with Crippen molar-refractivity contribution in [3.8, 4) is 5.69 Å². The number of aromatic nitrogens is 2. The number of nitrogens with one attached hydrogen (secondary N) is 3. The lowest BCUT2D eigenvalue weighted by Gasteiger charge is -2.36. The third-order valence-corrected chi connectivity index (χ3v) is 5.94. The van der Waals surface area contributed by atoms with E-state index in [2.05, 4.69) is 5.32 Å². The number of halogens is 6. The minimum atomic E-state index is -5.94. The van der Waals surface area contributed by atoms with Gasteiger partial charge in [0.1, 0.15) is 5.56 Å². The Balaban J connectivity index is 2.11. The van der Waals surface area contributed by atoms with Crippen LogP contribution in [0.3, 0.4) is 0 Å². The molecule has 6 nitrogen and oxygen atoms in total. The van der Waals surface area contributed by atoms with E-state index < -0.39 is 52.3 Å². The number of aromatic amines is 1. The zero-order valence-electron chi connectivity index (χ0n) is 16.5. The van der Waals surface area contributed by atoms with Gasteiger partial charge in [0.15, 0.2) is 0 Å². The Morgan fingerprint density at radius 1 is 0.938 bits per heavy atom. The van der Waals surface area contributed by atoms with Gasteiger partial charge in [-0.3, -0.25) is 14.8 Å². The summed E-state index contributed by atoms with van der Waals surface area (Å²) < 4.78 is 86.2. The van der Waals surface area contributed by atoms with Gasteiger partial charge in [0.05, 0.1) is 11.6 Å². The van der Waals surface area contributed by atoms with Gasteiger partial charge in [-0.15, -0.1) is 0 Å². The fourth-order valence-corrected chi connectivity index (χ4v) is 4.43. The van der Waals surface area contributed by atoms with Crippen LogP contribution >= 0.6 is 0 Å². The van der Waals surface area contributed by atoms with Crippen LogP contribution in [0.1, 0.15) is 37.7 Å². The van der Waals surface area contributed by atoms with Crippen molar-refractivity contribution in [3.63, 3.8) is 0 Å². The molecule has 1 aliphatic heterocycles. The highest BCUT2D eigenvalue weighted by molar-refractivity contribution is 5.94. The molecule has 12 heteroatoms. The molecule has 0 bridgehead atoms. The highest BCUT2D eigenvalue weighted by Crippen LogP contribution is 2.48. The number of fused-ring (bicyclic) bond motifs is 1. The maximum Gasteiger partial charge on any atom is 0.446 e. The number of amidine groups is 1. The Morgan fingerprint density at radius 3 is 2.09 bits per heavy atom. The highest BCUT2D eigenvalue weighted by Gasteiger charge is 2.78. The topological polar surface area (TPSA) is 80.9 Å². The van der Waals surface area contributed by atoms with Gasteiger partial charge >= 0.3 is 23.6 Å². The number of hydrogen-bond acceptors (Lipinski definition) is 3. The van der Waals surface area contributed by atoms with E-state index in [1.165, 1.54) is 24.3 Å². The largest absolute Gasteiger partial charge is 0.446 e. The summed E-state index contributed by atoms with van der Waals surface area (Å²) in [5, 5.41) is 2.56. The quantitative estimate of drug-likeness (QED) is 0.601. The van der Waals surface area contributed by atoms with Crippen LogP contribution in [0.15, 0.2) is 39.9 Å². The van der Waals surface area contributed by atoms with Crippen LogP contribution in [0.2, 0.25) is 0 Å². The molecule has 0 unspecified atom stereocenters. The summed E-state index contributed by atoms with van der Waals surface area (Å²) in [4.78, 5) is 28.3. The van der Waals surface area contributed by atoms with Crippen LogP contribution in [0.25, 0.3) is 5.69 Å². The predicted molar refractivity (Wildman–Crippen MR) is 103 cm³/mol. The molecule has 32 heavy (non-hydrogen) atoms. The van der Waals surface area contributed by atoms with Crippen LogP contribution in [0.5, 0.6) is 0 Å². The molecule has 0 saturated heterocycles. The summed E-state index contributed by atoms with van der Waals surface area (Å²) in [7, 11) is 0. The second-order valence-electron chi connectivity index (χ2n) is 7.90. The van der Waals surface area contributed by atoms with Crippen molar-refractivity contribution in [2.75, 3.05) is 5.32 Å². The summed E-state index contributed by atoms with van der Waals surface area (Å²) in [6, 6.07) is 7.18. The molecule has 1 aliphatic carbocycles. The summed E-state index contributed by atoms with van der Waals surface area (Å²) >= 11 is 0. The zero-order valence-corrected chi connectivity index (χ0v) is 16.5. The minimum absolute atomic E-state index is 0.000596. The standard InChI is InChI=1S/C20H18F6N4O2/c21-19(22,23)18(20(24,25)26)13-15(27-14(29-18)11-7-3-1-4-8-11)30(17(32)28-16(13)31)12-9-5-2-6-10-12/h2,5-6,9-11H,1,3-4,7-8H2,(H,27,29)(H,28,31,32)/p+1. The number of nitrogens with zero attached hydrogens (tertiary/aromatic N) is 1. The molecule has 172 valence electrons. The lowest BCUT2D eigenvalue weighted by atomic mass is 9.84. The van der Waals surface area contributed by atoms with Crippen molar-refractivity contribution >= 4 is 11.7 Å². The molecule has 0 amide bonds. The first-order valence-corrected chi connectivity index (χ1v) is 9.98. The van der Waals surface area contributed by atoms with Crippen molar-refractivity contribution in [1.29, 1.82) is 0 Å². The van der Waals surface area contributed by atoms with Gasteiger partial charge < -0.3 is 0 Å². The van der Waals surface area contributed by atoms with Crippen LogP contribution < -0.4 is 21.6 Å². The third-order valence-electron chi connectivity index (χ3n) is 5.94. The molecule has 1 saturated carbocycles. The molecule has 1 aromatic heterocycles. The second kappa shape index (κ2) is 7.52. The first-order chi connectivity index (χ1) is 15.0. The van der Waals surface area contributed by atoms with Gasteiger partial charge in [-0.25, -0.2) is 14.7 Å². The molecule has 0 radical (unpaired) electrons. The maximum atomic E-state index is 14.3. The Kier molecular flexibility index (Phi) is 5.21. The Morgan fingerprint density at radius 2 is 1.53 bits per heavy atom. The van der Waals surface area contributed by atoms with Crippen LogP contribution in [-0.2, 0) is 5.54 Å².